The van der Waals surface area contributed by atoms with Crippen LogP contribution in [-0.2, 0) is 0 Å². The molecule has 0 fully saturated rings. The van der Waals surface area contributed by atoms with Gasteiger partial charge in [-0.25, -0.2) is 0 Å². The Labute approximate surface area is 209 Å². The lowest BCUT2D eigenvalue weighted by molar-refractivity contribution is 1.24. The zero-order chi connectivity index (χ0) is 24.4. The van der Waals surface area contributed by atoms with Crippen LogP contribution in [0.4, 0.5) is 17.1 Å². The van der Waals surface area contributed by atoms with Crippen LogP contribution in [0.25, 0.3) is 22.3 Å². The molecule has 1 heteroatoms. The Morgan fingerprint density at radius 3 is 1.54 bits per heavy atom. The standard InChI is InChI=1S/C34H31N/c1-24-10-13-28(14-11-24)29-15-18-31(19-16-29)35(32-17-12-25(2)26(3)22-32)33-20-21-34(27(4)23-33)30-8-6-5-7-9-30/h5-23H,1-4H3. The van der Waals surface area contributed by atoms with Gasteiger partial charge in [-0.3, -0.25) is 0 Å². The van der Waals surface area contributed by atoms with Crippen molar-refractivity contribution in [3.8, 4) is 22.3 Å². The normalized spacial score (nSPS) is 10.9. The maximum Gasteiger partial charge on any atom is 0.0464 e. The molecule has 5 aromatic carbocycles. The van der Waals surface area contributed by atoms with E-state index in [4.69, 9.17) is 0 Å². The Morgan fingerprint density at radius 1 is 0.400 bits per heavy atom. The van der Waals surface area contributed by atoms with Gasteiger partial charge < -0.3 is 4.90 Å². The van der Waals surface area contributed by atoms with Gasteiger partial charge in [0.1, 0.15) is 0 Å². The van der Waals surface area contributed by atoms with Crippen LogP contribution in [0.3, 0.4) is 0 Å². The van der Waals surface area contributed by atoms with Gasteiger partial charge in [0.05, 0.1) is 0 Å². The summed E-state index contributed by atoms with van der Waals surface area (Å²) < 4.78 is 0. The molecule has 35 heavy (non-hydrogen) atoms. The van der Waals surface area contributed by atoms with Crippen molar-refractivity contribution in [3.05, 3.63) is 138 Å². The minimum Gasteiger partial charge on any atom is -0.310 e. The maximum absolute atomic E-state index is 2.35. The van der Waals surface area contributed by atoms with Crippen LogP contribution in [0.1, 0.15) is 22.3 Å². The summed E-state index contributed by atoms with van der Waals surface area (Å²) in [6.07, 6.45) is 0. The van der Waals surface area contributed by atoms with E-state index in [1.165, 1.54) is 50.2 Å². The van der Waals surface area contributed by atoms with Crippen LogP contribution < -0.4 is 4.90 Å². The SMILES string of the molecule is Cc1ccc(-c2ccc(N(c3ccc(C)c(C)c3)c3ccc(-c4ccccc4)c(C)c3)cc2)cc1. The molecular formula is C34H31N. The molecule has 0 spiro atoms. The van der Waals surface area contributed by atoms with E-state index in [-0.39, 0.29) is 0 Å². The van der Waals surface area contributed by atoms with Gasteiger partial charge in [0, 0.05) is 17.1 Å². The lowest BCUT2D eigenvalue weighted by Crippen LogP contribution is -2.10. The molecule has 0 amide bonds. The van der Waals surface area contributed by atoms with Gasteiger partial charge in [0.15, 0.2) is 0 Å². The van der Waals surface area contributed by atoms with Crippen LogP contribution in [-0.4, -0.2) is 0 Å². The van der Waals surface area contributed by atoms with E-state index in [2.05, 4.69) is 148 Å². The van der Waals surface area contributed by atoms with Crippen molar-refractivity contribution < 1.29 is 0 Å². The van der Waals surface area contributed by atoms with E-state index in [1.54, 1.807) is 0 Å². The zero-order valence-corrected chi connectivity index (χ0v) is 20.9. The second-order valence-corrected chi connectivity index (χ2v) is 9.38. The summed E-state index contributed by atoms with van der Waals surface area (Å²) in [7, 11) is 0. The van der Waals surface area contributed by atoms with Crippen molar-refractivity contribution in [2.24, 2.45) is 0 Å². The van der Waals surface area contributed by atoms with E-state index in [1.807, 2.05) is 0 Å². The predicted octanol–water partition coefficient (Wildman–Crippen LogP) is 9.72. The summed E-state index contributed by atoms with van der Waals surface area (Å²) in [4.78, 5) is 2.35. The van der Waals surface area contributed by atoms with Gasteiger partial charge in [-0.05, 0) is 103 Å². The number of anilines is 3. The number of rotatable bonds is 5. The molecule has 0 heterocycles. The molecular weight excluding hydrogens is 422 g/mol. The molecule has 0 aromatic heterocycles. The van der Waals surface area contributed by atoms with Crippen molar-refractivity contribution in [3.63, 3.8) is 0 Å². The second-order valence-electron chi connectivity index (χ2n) is 9.38. The lowest BCUT2D eigenvalue weighted by Gasteiger charge is -2.27. The highest BCUT2D eigenvalue weighted by atomic mass is 15.1. The first-order valence-electron chi connectivity index (χ1n) is 12.2. The highest BCUT2D eigenvalue weighted by molar-refractivity contribution is 5.81. The smallest absolute Gasteiger partial charge is 0.0464 e. The Kier molecular flexibility index (Phi) is 6.25. The van der Waals surface area contributed by atoms with Crippen LogP contribution >= 0.6 is 0 Å². The third-order valence-electron chi connectivity index (χ3n) is 6.81. The summed E-state index contributed by atoms with van der Waals surface area (Å²) in [5.74, 6) is 0. The molecule has 0 aliphatic carbocycles. The van der Waals surface area contributed by atoms with Crippen LogP contribution in [0, 0.1) is 27.7 Å². The second kappa shape index (κ2) is 9.64. The first kappa shape index (κ1) is 22.7. The average Bonchev–Trinajstić information content (AvgIpc) is 2.88. The van der Waals surface area contributed by atoms with Gasteiger partial charge >= 0.3 is 0 Å². The molecule has 0 aliphatic rings. The molecule has 5 aromatic rings. The monoisotopic (exact) mass is 453 g/mol. The number of hydrogen-bond donors (Lipinski definition) is 0. The molecule has 0 atom stereocenters. The van der Waals surface area contributed by atoms with Gasteiger partial charge in [-0.2, -0.15) is 0 Å². The Hall–Kier alpha value is -4.10. The highest BCUT2D eigenvalue weighted by Gasteiger charge is 2.15. The Balaban J connectivity index is 1.58. The van der Waals surface area contributed by atoms with E-state index in [0.29, 0.717) is 0 Å². The molecule has 0 aliphatic heterocycles. The summed E-state index contributed by atoms with van der Waals surface area (Å²) in [6.45, 7) is 8.67. The Morgan fingerprint density at radius 2 is 0.943 bits per heavy atom. The quantitative estimate of drug-likeness (QED) is 0.256. The van der Waals surface area contributed by atoms with Crippen LogP contribution in [0.15, 0.2) is 115 Å². The average molecular weight is 454 g/mol. The molecule has 1 nitrogen and oxygen atoms in total. The minimum atomic E-state index is 1.15. The fourth-order valence-corrected chi connectivity index (χ4v) is 4.59. The van der Waals surface area contributed by atoms with E-state index in [0.717, 1.165) is 11.4 Å². The largest absolute Gasteiger partial charge is 0.310 e. The number of aryl methyl sites for hydroxylation is 4. The van der Waals surface area contributed by atoms with Crippen LogP contribution in [0.2, 0.25) is 0 Å². The first-order chi connectivity index (χ1) is 17.0. The molecule has 0 saturated carbocycles. The molecule has 0 unspecified atom stereocenters. The zero-order valence-electron chi connectivity index (χ0n) is 20.9. The fourth-order valence-electron chi connectivity index (χ4n) is 4.59. The molecule has 0 radical (unpaired) electrons. The van der Waals surface area contributed by atoms with Crippen LogP contribution in [0.5, 0.6) is 0 Å². The fraction of sp³-hybridized carbons (Fsp3) is 0.118. The summed E-state index contributed by atoms with van der Waals surface area (Å²) in [5, 5.41) is 0. The van der Waals surface area contributed by atoms with E-state index >= 15 is 0 Å². The summed E-state index contributed by atoms with van der Waals surface area (Å²) in [5.41, 5.74) is 13.6. The molecule has 0 saturated heterocycles. The predicted molar refractivity (Wildman–Crippen MR) is 151 cm³/mol. The lowest BCUT2D eigenvalue weighted by atomic mass is 9.99. The molecule has 5 rings (SSSR count). The van der Waals surface area contributed by atoms with Crippen molar-refractivity contribution in [2.45, 2.75) is 27.7 Å². The molecule has 0 bridgehead atoms. The van der Waals surface area contributed by atoms with Crippen molar-refractivity contribution >= 4 is 17.1 Å². The summed E-state index contributed by atoms with van der Waals surface area (Å²) >= 11 is 0. The highest BCUT2D eigenvalue weighted by Crippen LogP contribution is 2.38. The first-order valence-corrected chi connectivity index (χ1v) is 12.2. The third kappa shape index (κ3) is 4.76. The maximum atomic E-state index is 2.35. The molecule has 0 N–H and O–H groups in total. The minimum absolute atomic E-state index is 1.15. The van der Waals surface area contributed by atoms with Crippen molar-refractivity contribution in [1.29, 1.82) is 0 Å². The summed E-state index contributed by atoms with van der Waals surface area (Å²) in [6, 6.07) is 41.7. The number of hydrogen-bond acceptors (Lipinski definition) is 1. The van der Waals surface area contributed by atoms with E-state index < -0.39 is 0 Å². The van der Waals surface area contributed by atoms with Gasteiger partial charge in [-0.1, -0.05) is 84.4 Å². The van der Waals surface area contributed by atoms with Gasteiger partial charge in [0.2, 0.25) is 0 Å². The Bertz CT molecular complexity index is 1450. The van der Waals surface area contributed by atoms with Crippen molar-refractivity contribution in [2.75, 3.05) is 4.90 Å². The third-order valence-corrected chi connectivity index (χ3v) is 6.81. The van der Waals surface area contributed by atoms with Gasteiger partial charge in [-0.15, -0.1) is 0 Å². The topological polar surface area (TPSA) is 3.24 Å². The van der Waals surface area contributed by atoms with E-state index in [9.17, 15) is 0 Å². The number of nitrogens with zero attached hydrogens (tertiary/aromatic N) is 1. The number of benzene rings is 5. The van der Waals surface area contributed by atoms with Gasteiger partial charge in [0.25, 0.3) is 0 Å². The van der Waals surface area contributed by atoms with Crippen molar-refractivity contribution in [1.82, 2.24) is 0 Å². The molecule has 172 valence electrons.